The standard InChI is InChI=1S/C15H23N3O2S/c1-12-5-8-17(9-6-12)21(19,20)18-10-7-14-13(11-18)3-2-4-15(14)16/h2-4,12H,5-11,16H2,1H3. The molecule has 0 unspecified atom stereocenters. The van der Waals surface area contributed by atoms with Gasteiger partial charge in [-0.2, -0.15) is 17.0 Å². The molecule has 3 rings (SSSR count). The molecule has 1 aromatic carbocycles. The molecule has 0 aliphatic carbocycles. The van der Waals surface area contributed by atoms with Gasteiger partial charge < -0.3 is 5.73 Å². The lowest BCUT2D eigenvalue weighted by atomic mass is 9.99. The maximum Gasteiger partial charge on any atom is 0.282 e. The van der Waals surface area contributed by atoms with Crippen LogP contribution in [0.15, 0.2) is 18.2 Å². The third kappa shape index (κ3) is 2.80. The van der Waals surface area contributed by atoms with Crippen molar-refractivity contribution in [1.82, 2.24) is 8.61 Å². The van der Waals surface area contributed by atoms with E-state index in [-0.39, 0.29) is 0 Å². The topological polar surface area (TPSA) is 66.6 Å². The van der Waals surface area contributed by atoms with Crippen molar-refractivity contribution in [3.63, 3.8) is 0 Å². The second-order valence-corrected chi connectivity index (χ2v) is 8.09. The number of nitrogens with zero attached hydrogens (tertiary/aromatic N) is 2. The maximum atomic E-state index is 12.8. The van der Waals surface area contributed by atoms with Gasteiger partial charge in [-0.3, -0.25) is 0 Å². The van der Waals surface area contributed by atoms with Gasteiger partial charge in [0.15, 0.2) is 0 Å². The molecule has 2 aliphatic heterocycles. The summed E-state index contributed by atoms with van der Waals surface area (Å²) >= 11 is 0. The summed E-state index contributed by atoms with van der Waals surface area (Å²) in [6.45, 7) is 4.43. The summed E-state index contributed by atoms with van der Waals surface area (Å²) in [6.07, 6.45) is 2.61. The predicted molar refractivity (Wildman–Crippen MR) is 83.9 cm³/mol. The van der Waals surface area contributed by atoms with Gasteiger partial charge in [0, 0.05) is 31.9 Å². The normalized spacial score (nSPS) is 22.1. The second-order valence-electron chi connectivity index (χ2n) is 6.16. The van der Waals surface area contributed by atoms with Gasteiger partial charge in [-0.25, -0.2) is 0 Å². The fraction of sp³-hybridized carbons (Fsp3) is 0.600. The first kappa shape index (κ1) is 14.8. The quantitative estimate of drug-likeness (QED) is 0.844. The smallest absolute Gasteiger partial charge is 0.282 e. The number of nitrogens with two attached hydrogens (primary N) is 1. The molecule has 2 aliphatic rings. The lowest BCUT2D eigenvalue weighted by Gasteiger charge is -2.36. The van der Waals surface area contributed by atoms with Crippen molar-refractivity contribution in [2.45, 2.75) is 32.7 Å². The Balaban J connectivity index is 1.79. The van der Waals surface area contributed by atoms with E-state index in [4.69, 9.17) is 5.73 Å². The minimum Gasteiger partial charge on any atom is -0.398 e. The van der Waals surface area contributed by atoms with Crippen LogP contribution in [-0.2, 0) is 23.2 Å². The lowest BCUT2D eigenvalue weighted by molar-refractivity contribution is 0.260. The van der Waals surface area contributed by atoms with Crippen molar-refractivity contribution < 1.29 is 8.42 Å². The van der Waals surface area contributed by atoms with Crippen LogP contribution in [0.4, 0.5) is 5.69 Å². The van der Waals surface area contributed by atoms with Gasteiger partial charge in [-0.05, 0) is 42.4 Å². The molecule has 1 saturated heterocycles. The van der Waals surface area contributed by atoms with Crippen molar-refractivity contribution in [2.24, 2.45) is 5.92 Å². The van der Waals surface area contributed by atoms with Crippen LogP contribution in [0.1, 0.15) is 30.9 Å². The first-order valence-corrected chi connectivity index (χ1v) is 8.99. The SMILES string of the molecule is CC1CCN(S(=O)(=O)N2CCc3c(N)cccc3C2)CC1. The fourth-order valence-corrected chi connectivity index (χ4v) is 4.81. The van der Waals surface area contributed by atoms with Gasteiger partial charge in [0.25, 0.3) is 10.2 Å². The molecule has 21 heavy (non-hydrogen) atoms. The Bertz CT molecular complexity index is 622. The molecular formula is C15H23N3O2S. The molecular weight excluding hydrogens is 286 g/mol. The highest BCUT2D eigenvalue weighted by molar-refractivity contribution is 7.86. The second kappa shape index (κ2) is 5.59. The molecule has 5 nitrogen and oxygen atoms in total. The summed E-state index contributed by atoms with van der Waals surface area (Å²) in [6, 6.07) is 5.76. The minimum atomic E-state index is -3.34. The third-order valence-electron chi connectivity index (χ3n) is 4.66. The summed E-state index contributed by atoms with van der Waals surface area (Å²) < 4.78 is 28.8. The van der Waals surface area contributed by atoms with E-state index < -0.39 is 10.2 Å². The zero-order chi connectivity index (χ0) is 15.0. The van der Waals surface area contributed by atoms with E-state index in [1.165, 1.54) is 0 Å². The number of hydrogen-bond donors (Lipinski definition) is 1. The average Bonchev–Trinajstić information content (AvgIpc) is 2.47. The summed E-state index contributed by atoms with van der Waals surface area (Å²) in [5, 5.41) is 0. The Morgan fingerprint density at radius 1 is 1.14 bits per heavy atom. The van der Waals surface area contributed by atoms with E-state index in [1.807, 2.05) is 18.2 Å². The molecule has 2 heterocycles. The molecule has 0 atom stereocenters. The zero-order valence-corrected chi connectivity index (χ0v) is 13.3. The van der Waals surface area contributed by atoms with Crippen molar-refractivity contribution in [3.05, 3.63) is 29.3 Å². The molecule has 0 radical (unpaired) electrons. The summed E-state index contributed by atoms with van der Waals surface area (Å²) in [5.41, 5.74) is 8.89. The van der Waals surface area contributed by atoms with Gasteiger partial charge in [-0.1, -0.05) is 19.1 Å². The van der Waals surface area contributed by atoms with Gasteiger partial charge in [0.2, 0.25) is 0 Å². The summed E-state index contributed by atoms with van der Waals surface area (Å²) in [7, 11) is -3.34. The van der Waals surface area contributed by atoms with Crippen molar-refractivity contribution in [2.75, 3.05) is 25.4 Å². The molecule has 6 heteroatoms. The van der Waals surface area contributed by atoms with Crippen molar-refractivity contribution in [1.29, 1.82) is 0 Å². The first-order valence-electron chi connectivity index (χ1n) is 7.60. The average molecular weight is 309 g/mol. The summed E-state index contributed by atoms with van der Waals surface area (Å²) in [5.74, 6) is 0.623. The molecule has 0 amide bonds. The Morgan fingerprint density at radius 3 is 2.57 bits per heavy atom. The highest BCUT2D eigenvalue weighted by Gasteiger charge is 2.34. The number of fused-ring (bicyclic) bond motifs is 1. The maximum absolute atomic E-state index is 12.8. The van der Waals surface area contributed by atoms with Crippen LogP contribution in [0.3, 0.4) is 0 Å². The number of rotatable bonds is 2. The van der Waals surface area contributed by atoms with Gasteiger partial charge >= 0.3 is 0 Å². The third-order valence-corrected chi connectivity index (χ3v) is 6.64. The van der Waals surface area contributed by atoms with E-state index in [0.717, 1.165) is 29.7 Å². The zero-order valence-electron chi connectivity index (χ0n) is 12.5. The number of nitrogen functional groups attached to an aromatic ring is 1. The number of benzene rings is 1. The Morgan fingerprint density at radius 2 is 1.86 bits per heavy atom. The van der Waals surface area contributed by atoms with Gasteiger partial charge in [-0.15, -0.1) is 0 Å². The van der Waals surface area contributed by atoms with Crippen LogP contribution >= 0.6 is 0 Å². The minimum absolute atomic E-state index is 0.439. The molecule has 1 fully saturated rings. The molecule has 116 valence electrons. The van der Waals surface area contributed by atoms with Crippen molar-refractivity contribution in [3.8, 4) is 0 Å². The van der Waals surface area contributed by atoms with Crippen LogP contribution in [0.5, 0.6) is 0 Å². The number of anilines is 1. The van der Waals surface area contributed by atoms with Gasteiger partial charge in [0.1, 0.15) is 0 Å². The van der Waals surface area contributed by atoms with Gasteiger partial charge in [0.05, 0.1) is 0 Å². The monoisotopic (exact) mass is 309 g/mol. The Kier molecular flexibility index (Phi) is 3.94. The fourth-order valence-electron chi connectivity index (χ4n) is 3.19. The highest BCUT2D eigenvalue weighted by atomic mass is 32.2. The Hall–Kier alpha value is -1.11. The molecule has 0 bridgehead atoms. The van der Waals surface area contributed by atoms with E-state index >= 15 is 0 Å². The van der Waals surface area contributed by atoms with Crippen molar-refractivity contribution >= 4 is 15.9 Å². The molecule has 2 N–H and O–H groups in total. The van der Waals surface area contributed by atoms with E-state index in [1.54, 1.807) is 8.61 Å². The van der Waals surface area contributed by atoms with Crippen LogP contribution in [0, 0.1) is 5.92 Å². The van der Waals surface area contributed by atoms with Crippen LogP contribution in [-0.4, -0.2) is 36.7 Å². The molecule has 0 aromatic heterocycles. The first-order chi connectivity index (χ1) is 9.98. The number of piperidine rings is 1. The molecule has 1 aromatic rings. The van der Waals surface area contributed by atoms with Crippen LogP contribution in [0.2, 0.25) is 0 Å². The largest absolute Gasteiger partial charge is 0.398 e. The van der Waals surface area contributed by atoms with E-state index in [0.29, 0.717) is 38.5 Å². The molecule has 0 spiro atoms. The van der Waals surface area contributed by atoms with E-state index in [2.05, 4.69) is 6.92 Å². The Labute approximate surface area is 126 Å². The van der Waals surface area contributed by atoms with Crippen LogP contribution in [0.25, 0.3) is 0 Å². The number of hydrogen-bond acceptors (Lipinski definition) is 3. The molecule has 0 saturated carbocycles. The van der Waals surface area contributed by atoms with Crippen LogP contribution < -0.4 is 5.73 Å². The van der Waals surface area contributed by atoms with E-state index in [9.17, 15) is 8.42 Å². The predicted octanol–water partition coefficient (Wildman–Crippen LogP) is 1.60. The highest BCUT2D eigenvalue weighted by Crippen LogP contribution is 2.28. The lowest BCUT2D eigenvalue weighted by Crippen LogP contribution is -2.48. The summed E-state index contributed by atoms with van der Waals surface area (Å²) in [4.78, 5) is 0.